The SMILES string of the molecule is NC(=O)N1C(=O)C2CC=C3C(CC4C(=O)N(Nc5ncc(C(F)(F)F)cc5Cl)C(=O)C4(c4ccc(Cl)cc4)C3c3ccccc3O)C2C1=O. The van der Waals surface area contributed by atoms with Crippen molar-refractivity contribution < 1.29 is 42.3 Å². The zero-order valence-corrected chi connectivity index (χ0v) is 26.5. The summed E-state index contributed by atoms with van der Waals surface area (Å²) in [5.41, 5.74) is 5.98. The number of benzene rings is 2. The number of nitrogens with zero attached hydrogens (tertiary/aromatic N) is 3. The van der Waals surface area contributed by atoms with Gasteiger partial charge in [0.15, 0.2) is 5.82 Å². The third kappa shape index (κ3) is 4.71. The van der Waals surface area contributed by atoms with Crippen LogP contribution in [0.3, 0.4) is 0 Å². The molecule has 0 bridgehead atoms. The first kappa shape index (κ1) is 32.6. The van der Waals surface area contributed by atoms with E-state index in [0.29, 0.717) is 38.3 Å². The molecule has 3 aromatic rings. The number of hydrogen-bond donors (Lipinski definition) is 3. The number of alkyl halides is 3. The highest BCUT2D eigenvalue weighted by Gasteiger charge is 2.71. The smallest absolute Gasteiger partial charge is 0.417 e. The predicted molar refractivity (Wildman–Crippen MR) is 166 cm³/mol. The lowest BCUT2D eigenvalue weighted by Gasteiger charge is -2.50. The Kier molecular flexibility index (Phi) is 7.52. The molecule has 11 nitrogen and oxygen atoms in total. The van der Waals surface area contributed by atoms with Gasteiger partial charge in [-0.05, 0) is 48.6 Å². The average Bonchev–Trinajstić information content (AvgIpc) is 3.43. The minimum absolute atomic E-state index is 0.00545. The van der Waals surface area contributed by atoms with Crippen LogP contribution in [0.4, 0.5) is 23.8 Å². The van der Waals surface area contributed by atoms with Gasteiger partial charge in [0.2, 0.25) is 11.8 Å². The van der Waals surface area contributed by atoms with E-state index in [2.05, 4.69) is 10.4 Å². The Hall–Kier alpha value is -4.95. The summed E-state index contributed by atoms with van der Waals surface area (Å²) in [7, 11) is 0. The first-order valence-electron chi connectivity index (χ1n) is 15.0. The van der Waals surface area contributed by atoms with E-state index < -0.39 is 87.2 Å². The van der Waals surface area contributed by atoms with Crippen LogP contribution in [0.25, 0.3) is 0 Å². The molecule has 1 saturated carbocycles. The van der Waals surface area contributed by atoms with Gasteiger partial charge >= 0.3 is 12.2 Å². The summed E-state index contributed by atoms with van der Waals surface area (Å²) in [5.74, 6) is -9.24. The van der Waals surface area contributed by atoms with Crippen molar-refractivity contribution in [2.45, 2.75) is 30.4 Å². The maximum atomic E-state index is 15.0. The van der Waals surface area contributed by atoms with Crippen molar-refractivity contribution in [3.05, 3.63) is 99.2 Å². The number of rotatable bonds is 4. The van der Waals surface area contributed by atoms with Crippen molar-refractivity contribution >= 4 is 58.7 Å². The van der Waals surface area contributed by atoms with E-state index in [9.17, 15) is 37.5 Å². The van der Waals surface area contributed by atoms with Crippen LogP contribution in [0.5, 0.6) is 5.75 Å². The number of allylic oxidation sites excluding steroid dienone is 2. The van der Waals surface area contributed by atoms with Gasteiger partial charge in [0.1, 0.15) is 5.75 Å². The Morgan fingerprint density at radius 1 is 1.00 bits per heavy atom. The number of pyridine rings is 1. The Labute approximate surface area is 285 Å². The molecular weight excluding hydrogens is 690 g/mol. The molecule has 1 aromatic heterocycles. The summed E-state index contributed by atoms with van der Waals surface area (Å²) in [6.07, 6.45) is -2.72. The molecule has 4 N–H and O–H groups in total. The highest BCUT2D eigenvalue weighted by Crippen LogP contribution is 2.65. The lowest BCUT2D eigenvalue weighted by atomic mass is 9.49. The molecule has 7 rings (SSSR count). The van der Waals surface area contributed by atoms with Crippen molar-refractivity contribution in [3.63, 3.8) is 0 Å². The number of amides is 6. The second-order valence-corrected chi connectivity index (χ2v) is 13.2. The Morgan fingerprint density at radius 2 is 1.69 bits per heavy atom. The lowest BCUT2D eigenvalue weighted by Crippen LogP contribution is -2.53. The van der Waals surface area contributed by atoms with E-state index >= 15 is 4.79 Å². The monoisotopic (exact) mass is 713 g/mol. The maximum Gasteiger partial charge on any atom is 0.417 e. The molecule has 3 fully saturated rings. The minimum atomic E-state index is -4.77. The van der Waals surface area contributed by atoms with Crippen LogP contribution in [-0.4, -0.2) is 49.7 Å². The van der Waals surface area contributed by atoms with E-state index in [1.54, 1.807) is 36.4 Å². The number of fused-ring (bicyclic) bond motifs is 4. The maximum absolute atomic E-state index is 15.0. The van der Waals surface area contributed by atoms with Crippen LogP contribution in [0.1, 0.15) is 35.4 Å². The number of primary amides is 1. The Morgan fingerprint density at radius 3 is 2.33 bits per heavy atom. The first-order valence-corrected chi connectivity index (χ1v) is 15.7. The number of imide groups is 4. The van der Waals surface area contributed by atoms with E-state index in [4.69, 9.17) is 28.9 Å². The van der Waals surface area contributed by atoms with Gasteiger partial charge in [0.25, 0.3) is 11.8 Å². The van der Waals surface area contributed by atoms with Gasteiger partial charge in [-0.1, -0.05) is 65.2 Å². The normalized spacial score (nSPS) is 27.9. The van der Waals surface area contributed by atoms with Crippen LogP contribution >= 0.6 is 23.2 Å². The summed E-state index contributed by atoms with van der Waals surface area (Å²) in [5, 5.41) is 11.7. The molecule has 6 unspecified atom stereocenters. The van der Waals surface area contributed by atoms with E-state index in [-0.39, 0.29) is 24.2 Å². The van der Waals surface area contributed by atoms with Crippen molar-refractivity contribution in [2.75, 3.05) is 5.43 Å². The number of hydrazine groups is 1. The third-order valence-corrected chi connectivity index (χ3v) is 10.6. The minimum Gasteiger partial charge on any atom is -0.508 e. The molecule has 2 aromatic carbocycles. The second kappa shape index (κ2) is 11.3. The first-order chi connectivity index (χ1) is 23.2. The quantitative estimate of drug-likeness (QED) is 0.246. The Balaban J connectivity index is 1.44. The summed E-state index contributed by atoms with van der Waals surface area (Å²) in [6, 6.07) is 11.7. The average molecular weight is 714 g/mol. The number of anilines is 1. The molecule has 0 spiro atoms. The predicted octanol–water partition coefficient (Wildman–Crippen LogP) is 5.18. The van der Waals surface area contributed by atoms with Gasteiger partial charge in [0.05, 0.1) is 33.8 Å². The number of carbonyl (C=O) groups excluding carboxylic acids is 5. The standard InChI is InChI=1S/C33H24Cl2F3N5O6/c34-16-7-5-14(6-8-16)32-21(28(46)43(30(32)48)41-26-22(35)11-15(13-40-26)33(36,37)38)12-20-17(25(32)18-3-1-2-4-23(18)44)9-10-19-24(20)29(47)42(27(19)45)31(39)49/h1-9,11,13,19-21,24-25,44H,10,12H2,(H2,39,49)(H,40,41). The van der Waals surface area contributed by atoms with Crippen LogP contribution in [-0.2, 0) is 30.8 Å². The van der Waals surface area contributed by atoms with Crippen molar-refractivity contribution in [1.29, 1.82) is 0 Å². The highest BCUT2D eigenvalue weighted by atomic mass is 35.5. The summed E-state index contributed by atoms with van der Waals surface area (Å²) >= 11 is 12.4. The van der Waals surface area contributed by atoms with Crippen molar-refractivity contribution in [1.82, 2.24) is 14.9 Å². The number of carbonyl (C=O) groups is 5. The highest BCUT2D eigenvalue weighted by molar-refractivity contribution is 6.33. The molecule has 0 radical (unpaired) electrons. The van der Waals surface area contributed by atoms with E-state index in [1.807, 2.05) is 0 Å². The van der Waals surface area contributed by atoms with Crippen LogP contribution in [0.15, 0.2) is 72.4 Å². The second-order valence-electron chi connectivity index (χ2n) is 12.3. The zero-order chi connectivity index (χ0) is 35.2. The largest absolute Gasteiger partial charge is 0.508 e. The van der Waals surface area contributed by atoms with Gasteiger partial charge in [-0.2, -0.15) is 23.1 Å². The number of nitrogens with two attached hydrogens (primary N) is 1. The number of phenolic OH excluding ortho intramolecular Hbond substituents is 1. The fourth-order valence-corrected chi connectivity index (χ4v) is 8.41. The molecule has 2 aliphatic heterocycles. The number of phenols is 1. The lowest BCUT2D eigenvalue weighted by molar-refractivity contribution is -0.140. The van der Waals surface area contributed by atoms with Gasteiger partial charge < -0.3 is 10.8 Å². The van der Waals surface area contributed by atoms with Gasteiger partial charge in [-0.3, -0.25) is 24.6 Å². The van der Waals surface area contributed by atoms with E-state index in [1.165, 1.54) is 18.2 Å². The molecule has 6 atom stereocenters. The zero-order valence-electron chi connectivity index (χ0n) is 24.9. The summed E-state index contributed by atoms with van der Waals surface area (Å²) < 4.78 is 40.0. The molecule has 6 amide bonds. The van der Waals surface area contributed by atoms with Gasteiger partial charge in [-0.15, -0.1) is 0 Å². The van der Waals surface area contributed by atoms with Crippen LogP contribution in [0.2, 0.25) is 10.0 Å². The number of halogens is 5. The summed E-state index contributed by atoms with van der Waals surface area (Å²) in [6.45, 7) is 0. The van der Waals surface area contributed by atoms with Crippen molar-refractivity contribution in [2.24, 2.45) is 29.4 Å². The van der Waals surface area contributed by atoms with Crippen LogP contribution in [0, 0.1) is 23.7 Å². The molecule has 4 aliphatic rings. The third-order valence-electron chi connectivity index (χ3n) is 10.0. The number of aromatic nitrogens is 1. The number of hydrogen-bond acceptors (Lipinski definition) is 8. The Bertz CT molecular complexity index is 2010. The number of para-hydroxylation sites is 1. The molecule has 2 saturated heterocycles. The molecular formula is C33H24Cl2F3N5O6. The fourth-order valence-electron chi connectivity index (χ4n) is 8.08. The van der Waals surface area contributed by atoms with Crippen LogP contribution < -0.4 is 11.2 Å². The van der Waals surface area contributed by atoms with Gasteiger partial charge in [-0.25, -0.2) is 9.78 Å². The number of urea groups is 1. The number of likely N-dealkylation sites (tertiary alicyclic amines) is 1. The molecule has 3 heterocycles. The molecule has 49 heavy (non-hydrogen) atoms. The summed E-state index contributed by atoms with van der Waals surface area (Å²) in [4.78, 5) is 72.7. The fraction of sp³-hybridized carbons (Fsp3) is 0.273. The van der Waals surface area contributed by atoms with E-state index in [0.717, 1.165) is 0 Å². The number of nitrogens with one attached hydrogen (secondary N) is 1. The van der Waals surface area contributed by atoms with Crippen molar-refractivity contribution in [3.8, 4) is 5.75 Å². The van der Waals surface area contributed by atoms with Gasteiger partial charge in [0, 0.05) is 22.7 Å². The molecule has 252 valence electrons. The topological polar surface area (TPSA) is 163 Å². The molecule has 2 aliphatic carbocycles. The number of aromatic hydroxyl groups is 1. The molecule has 16 heteroatoms.